The van der Waals surface area contributed by atoms with Gasteiger partial charge in [0.05, 0.1) is 6.33 Å². The number of halogens is 2. The molecule has 4 aromatic rings. The van der Waals surface area contributed by atoms with Gasteiger partial charge in [0.1, 0.15) is 12.9 Å². The first-order valence-corrected chi connectivity index (χ1v) is 10.6. The van der Waals surface area contributed by atoms with Crippen molar-refractivity contribution in [3.05, 3.63) is 63.0 Å². The van der Waals surface area contributed by atoms with E-state index in [9.17, 15) is 4.79 Å². The summed E-state index contributed by atoms with van der Waals surface area (Å²) in [5.41, 5.74) is 1.71. The van der Waals surface area contributed by atoms with Crippen molar-refractivity contribution in [3.8, 4) is 0 Å². The lowest BCUT2D eigenvalue weighted by molar-refractivity contribution is 0.363. The molecule has 2 aliphatic rings. The van der Waals surface area contributed by atoms with Crippen LogP contribution in [-0.4, -0.2) is 42.3 Å². The number of aromatic nitrogens is 6. The fraction of sp³-hybridized carbons (Fsp3) is 0.350. The van der Waals surface area contributed by atoms with E-state index in [0.29, 0.717) is 44.8 Å². The fourth-order valence-electron chi connectivity index (χ4n) is 4.64. The van der Waals surface area contributed by atoms with Crippen LogP contribution in [0.15, 0.2) is 40.2 Å². The van der Waals surface area contributed by atoms with E-state index in [4.69, 9.17) is 27.7 Å². The lowest BCUT2D eigenvalue weighted by Gasteiger charge is -2.22. The fourth-order valence-corrected chi connectivity index (χ4v) is 5.15. The molecule has 0 N–H and O–H groups in total. The van der Waals surface area contributed by atoms with Crippen molar-refractivity contribution in [2.24, 2.45) is 18.9 Å². The van der Waals surface area contributed by atoms with Gasteiger partial charge < -0.3 is 14.0 Å². The first-order valence-electron chi connectivity index (χ1n) is 9.88. The van der Waals surface area contributed by atoms with Crippen LogP contribution >= 0.6 is 23.2 Å². The zero-order chi connectivity index (χ0) is 21.3. The number of rotatable bonds is 4. The number of imidazole rings is 1. The Hall–Kier alpha value is -2.91. The second-order valence-corrected chi connectivity index (χ2v) is 9.01. The molecule has 2 unspecified atom stereocenters. The van der Waals surface area contributed by atoms with E-state index < -0.39 is 0 Å². The van der Waals surface area contributed by atoms with Gasteiger partial charge in [0.15, 0.2) is 17.0 Å². The highest BCUT2D eigenvalue weighted by molar-refractivity contribution is 6.35. The Morgan fingerprint density at radius 1 is 1.10 bits per heavy atom. The molecule has 0 amide bonds. The molecule has 2 fully saturated rings. The number of benzene rings is 1. The van der Waals surface area contributed by atoms with Crippen LogP contribution in [-0.2, 0) is 13.6 Å². The highest BCUT2D eigenvalue weighted by Gasteiger charge is 2.58. The minimum atomic E-state index is -0.191. The summed E-state index contributed by atoms with van der Waals surface area (Å²) >= 11 is 12.3. The van der Waals surface area contributed by atoms with Crippen molar-refractivity contribution >= 4 is 40.1 Å². The number of hydrogen-bond donors (Lipinski definition) is 0. The van der Waals surface area contributed by atoms with Gasteiger partial charge in [-0.05, 0) is 30.0 Å². The molecule has 0 spiro atoms. The number of nitrogens with zero attached hydrogens (tertiary/aromatic N) is 7. The minimum absolute atomic E-state index is 0.176. The number of aryl methyl sites for hydroxylation is 1. The molecule has 3 aromatic heterocycles. The average molecular weight is 458 g/mol. The van der Waals surface area contributed by atoms with Gasteiger partial charge in [0.25, 0.3) is 5.56 Å². The summed E-state index contributed by atoms with van der Waals surface area (Å²) in [6.45, 7) is 1.97. The van der Waals surface area contributed by atoms with Gasteiger partial charge in [-0.15, -0.1) is 0 Å². The summed E-state index contributed by atoms with van der Waals surface area (Å²) in [5.74, 6) is 2.31. The third kappa shape index (κ3) is 3.11. The number of piperidine rings is 1. The third-order valence-electron chi connectivity index (χ3n) is 6.19. The monoisotopic (exact) mass is 457 g/mol. The van der Waals surface area contributed by atoms with Gasteiger partial charge in [-0.1, -0.05) is 28.4 Å². The first-order chi connectivity index (χ1) is 15.0. The zero-order valence-electron chi connectivity index (χ0n) is 16.4. The van der Waals surface area contributed by atoms with E-state index in [1.807, 2.05) is 12.1 Å². The smallest absolute Gasteiger partial charge is 0.280 e. The van der Waals surface area contributed by atoms with Gasteiger partial charge in [-0.25, -0.2) is 9.97 Å². The standard InChI is InChI=1S/C20H17Cl2N7O2/c1-27-8-23-19-17(27)20(30)29(9-24-19)7-15-25-18(26-31-15)16-13-5-28(6-14(13)16)12-3-10(21)2-11(22)4-12/h2-4,8-9,13-14,16H,5-7H2,1H3. The molecule has 2 atom stereocenters. The van der Waals surface area contributed by atoms with Crippen LogP contribution in [0.4, 0.5) is 5.69 Å². The number of anilines is 1. The van der Waals surface area contributed by atoms with Gasteiger partial charge >= 0.3 is 0 Å². The van der Waals surface area contributed by atoms with Gasteiger partial charge in [-0.2, -0.15) is 4.98 Å². The van der Waals surface area contributed by atoms with Crippen molar-refractivity contribution < 1.29 is 4.52 Å². The molecule has 31 heavy (non-hydrogen) atoms. The Bertz CT molecular complexity index is 1350. The van der Waals surface area contributed by atoms with Crippen molar-refractivity contribution in [1.82, 2.24) is 29.2 Å². The Kier molecular flexibility index (Phi) is 4.13. The van der Waals surface area contributed by atoms with Crippen molar-refractivity contribution in [3.63, 3.8) is 0 Å². The van der Waals surface area contributed by atoms with Crippen LogP contribution in [0.3, 0.4) is 0 Å². The molecule has 6 rings (SSSR count). The molecule has 0 bridgehead atoms. The Balaban J connectivity index is 1.17. The Morgan fingerprint density at radius 2 is 1.81 bits per heavy atom. The van der Waals surface area contributed by atoms with E-state index in [1.54, 1.807) is 24.0 Å². The Morgan fingerprint density at radius 3 is 2.55 bits per heavy atom. The molecule has 1 aliphatic carbocycles. The molecule has 158 valence electrons. The zero-order valence-corrected chi connectivity index (χ0v) is 18.0. The summed E-state index contributed by atoms with van der Waals surface area (Å²) in [6, 6.07) is 5.61. The van der Waals surface area contributed by atoms with Crippen LogP contribution in [0.1, 0.15) is 17.6 Å². The molecule has 1 aromatic carbocycles. The molecule has 1 saturated carbocycles. The topological polar surface area (TPSA) is 94.9 Å². The SMILES string of the molecule is Cn1cnc2ncn(Cc3nc(C4C5CN(c6cc(Cl)cc(Cl)c6)CC54)no3)c(=O)c21. The molecule has 9 nitrogen and oxygen atoms in total. The van der Waals surface area contributed by atoms with Crippen LogP contribution in [0, 0.1) is 11.8 Å². The van der Waals surface area contributed by atoms with E-state index in [0.717, 1.165) is 18.8 Å². The average Bonchev–Trinajstić information content (AvgIpc) is 3.15. The summed E-state index contributed by atoms with van der Waals surface area (Å²) in [5, 5.41) is 5.45. The van der Waals surface area contributed by atoms with E-state index >= 15 is 0 Å². The summed E-state index contributed by atoms with van der Waals surface area (Å²) < 4.78 is 8.55. The molecular weight excluding hydrogens is 441 g/mol. The normalized spacial score (nSPS) is 22.3. The molecule has 1 saturated heterocycles. The molecule has 4 heterocycles. The molecular formula is C20H17Cl2N7O2. The summed E-state index contributed by atoms with van der Waals surface area (Å²) in [7, 11) is 1.76. The number of hydrogen-bond acceptors (Lipinski definition) is 7. The van der Waals surface area contributed by atoms with Crippen LogP contribution in [0.5, 0.6) is 0 Å². The third-order valence-corrected chi connectivity index (χ3v) is 6.63. The molecule has 0 radical (unpaired) electrons. The lowest BCUT2D eigenvalue weighted by Crippen LogP contribution is -2.24. The quantitative estimate of drug-likeness (QED) is 0.464. The van der Waals surface area contributed by atoms with Crippen LogP contribution < -0.4 is 10.5 Å². The maximum atomic E-state index is 12.7. The van der Waals surface area contributed by atoms with Crippen molar-refractivity contribution in [2.75, 3.05) is 18.0 Å². The summed E-state index contributed by atoms with van der Waals surface area (Å²) in [6.07, 6.45) is 3.03. The summed E-state index contributed by atoms with van der Waals surface area (Å²) in [4.78, 5) is 27.9. The van der Waals surface area contributed by atoms with Gasteiger partial charge in [0.2, 0.25) is 5.89 Å². The van der Waals surface area contributed by atoms with Crippen LogP contribution in [0.25, 0.3) is 11.2 Å². The maximum absolute atomic E-state index is 12.7. The number of fused-ring (bicyclic) bond motifs is 2. The van der Waals surface area contributed by atoms with Gasteiger partial charge in [-0.3, -0.25) is 9.36 Å². The Labute approximate surface area is 186 Å². The lowest BCUT2D eigenvalue weighted by atomic mass is 10.2. The molecule has 11 heteroatoms. The largest absolute Gasteiger partial charge is 0.371 e. The van der Waals surface area contributed by atoms with Crippen molar-refractivity contribution in [1.29, 1.82) is 0 Å². The predicted molar refractivity (Wildman–Crippen MR) is 115 cm³/mol. The van der Waals surface area contributed by atoms with Gasteiger partial charge in [0, 0.05) is 41.8 Å². The second kappa shape index (κ2) is 6.80. The van der Waals surface area contributed by atoms with Crippen molar-refractivity contribution in [2.45, 2.75) is 12.5 Å². The minimum Gasteiger partial charge on any atom is -0.371 e. The van der Waals surface area contributed by atoms with Crippen LogP contribution in [0.2, 0.25) is 10.0 Å². The highest BCUT2D eigenvalue weighted by atomic mass is 35.5. The first kappa shape index (κ1) is 18.8. The van der Waals surface area contributed by atoms with E-state index in [2.05, 4.69) is 25.0 Å². The van der Waals surface area contributed by atoms with E-state index in [-0.39, 0.29) is 18.0 Å². The van der Waals surface area contributed by atoms with E-state index in [1.165, 1.54) is 10.9 Å². The highest BCUT2D eigenvalue weighted by Crippen LogP contribution is 2.58. The molecule has 1 aliphatic heterocycles. The predicted octanol–water partition coefficient (Wildman–Crippen LogP) is 2.72. The second-order valence-electron chi connectivity index (χ2n) is 8.14. The maximum Gasteiger partial charge on any atom is 0.280 e.